The molecule has 0 aliphatic heterocycles. The normalized spacial score (nSPS) is 10.3. The van der Waals surface area contributed by atoms with Gasteiger partial charge in [0.2, 0.25) is 0 Å². The van der Waals surface area contributed by atoms with Gasteiger partial charge < -0.3 is 10.1 Å². The Morgan fingerprint density at radius 2 is 1.91 bits per heavy atom. The Bertz CT molecular complexity index is 719. The second kappa shape index (κ2) is 7.94. The minimum absolute atomic E-state index is 0.0348. The average Bonchev–Trinajstić information content (AvgIpc) is 2.48. The lowest BCUT2D eigenvalue weighted by atomic mass is 10.2. The quantitative estimate of drug-likeness (QED) is 0.811. The summed E-state index contributed by atoms with van der Waals surface area (Å²) in [6.07, 6.45) is 0.0348. The van der Waals surface area contributed by atoms with Crippen molar-refractivity contribution in [1.29, 1.82) is 0 Å². The van der Waals surface area contributed by atoms with Crippen LogP contribution in [0, 0.1) is 0 Å². The molecule has 23 heavy (non-hydrogen) atoms. The molecule has 0 atom stereocenters. The summed E-state index contributed by atoms with van der Waals surface area (Å²) in [6, 6.07) is 14.1. The van der Waals surface area contributed by atoms with E-state index in [1.807, 2.05) is 38.1 Å². The number of para-hydroxylation sites is 2. The summed E-state index contributed by atoms with van der Waals surface area (Å²) in [5.74, 6) is 0.342. The van der Waals surface area contributed by atoms with E-state index in [2.05, 4.69) is 10.6 Å². The lowest BCUT2D eigenvalue weighted by molar-refractivity contribution is 0.0977. The average molecular weight is 349 g/mol. The molecule has 4 nitrogen and oxygen atoms in total. The van der Waals surface area contributed by atoms with Crippen molar-refractivity contribution in [3.63, 3.8) is 0 Å². The molecule has 120 valence electrons. The number of thiocarbonyl (C=S) groups is 1. The van der Waals surface area contributed by atoms with E-state index in [4.69, 9.17) is 28.6 Å². The SMILES string of the molecule is CC(C)Oc1ccccc1NC(=S)NC(=O)c1cccc(Cl)c1. The Hall–Kier alpha value is -2.11. The van der Waals surface area contributed by atoms with Crippen molar-refractivity contribution in [3.8, 4) is 5.75 Å². The molecule has 0 saturated carbocycles. The highest BCUT2D eigenvalue weighted by Gasteiger charge is 2.10. The topological polar surface area (TPSA) is 50.4 Å². The van der Waals surface area contributed by atoms with Crippen LogP contribution in [0.25, 0.3) is 0 Å². The number of amides is 1. The maximum Gasteiger partial charge on any atom is 0.257 e. The van der Waals surface area contributed by atoms with Crippen LogP contribution in [0.15, 0.2) is 48.5 Å². The third-order valence-corrected chi connectivity index (χ3v) is 3.25. The van der Waals surface area contributed by atoms with Gasteiger partial charge in [-0.2, -0.15) is 0 Å². The Balaban J connectivity index is 2.04. The van der Waals surface area contributed by atoms with Crippen LogP contribution in [0.3, 0.4) is 0 Å². The van der Waals surface area contributed by atoms with Crippen LogP contribution in [0.4, 0.5) is 5.69 Å². The van der Waals surface area contributed by atoms with Crippen molar-refractivity contribution in [2.45, 2.75) is 20.0 Å². The molecule has 2 aromatic carbocycles. The van der Waals surface area contributed by atoms with Crippen molar-refractivity contribution in [2.75, 3.05) is 5.32 Å². The van der Waals surface area contributed by atoms with Gasteiger partial charge in [0.15, 0.2) is 5.11 Å². The molecule has 1 amide bonds. The van der Waals surface area contributed by atoms with Crippen molar-refractivity contribution in [1.82, 2.24) is 5.32 Å². The highest BCUT2D eigenvalue weighted by Crippen LogP contribution is 2.24. The smallest absolute Gasteiger partial charge is 0.257 e. The molecular weight excluding hydrogens is 332 g/mol. The number of anilines is 1. The van der Waals surface area contributed by atoms with Crippen LogP contribution in [0.5, 0.6) is 5.75 Å². The zero-order chi connectivity index (χ0) is 16.8. The van der Waals surface area contributed by atoms with Crippen molar-refractivity contribution in [2.24, 2.45) is 0 Å². The summed E-state index contributed by atoms with van der Waals surface area (Å²) >= 11 is 11.1. The fraction of sp³-hybridized carbons (Fsp3) is 0.176. The van der Waals surface area contributed by atoms with Crippen molar-refractivity contribution < 1.29 is 9.53 Å². The van der Waals surface area contributed by atoms with Crippen LogP contribution in [-0.4, -0.2) is 17.1 Å². The van der Waals surface area contributed by atoms with E-state index < -0.39 is 0 Å². The Morgan fingerprint density at radius 3 is 2.61 bits per heavy atom. The monoisotopic (exact) mass is 348 g/mol. The molecule has 2 aromatic rings. The first kappa shape index (κ1) is 17.2. The van der Waals surface area contributed by atoms with E-state index in [9.17, 15) is 4.79 Å². The number of nitrogens with one attached hydrogen (secondary N) is 2. The summed E-state index contributed by atoms with van der Waals surface area (Å²) in [7, 11) is 0. The largest absolute Gasteiger partial charge is 0.489 e. The Morgan fingerprint density at radius 1 is 1.17 bits per heavy atom. The van der Waals surface area contributed by atoms with Crippen LogP contribution in [0.2, 0.25) is 5.02 Å². The first-order valence-electron chi connectivity index (χ1n) is 7.09. The molecule has 0 radical (unpaired) electrons. The molecule has 2 N–H and O–H groups in total. The number of hydrogen-bond acceptors (Lipinski definition) is 3. The van der Waals surface area contributed by atoms with Crippen molar-refractivity contribution >= 4 is 40.5 Å². The van der Waals surface area contributed by atoms with Gasteiger partial charge in [-0.05, 0) is 56.4 Å². The predicted molar refractivity (Wildman–Crippen MR) is 97.3 cm³/mol. The minimum Gasteiger partial charge on any atom is -0.489 e. The van der Waals surface area contributed by atoms with Gasteiger partial charge in [0, 0.05) is 10.6 Å². The van der Waals surface area contributed by atoms with Gasteiger partial charge in [0.25, 0.3) is 5.91 Å². The molecule has 0 aliphatic rings. The number of hydrogen-bond donors (Lipinski definition) is 2. The molecule has 0 bridgehead atoms. The van der Waals surface area contributed by atoms with Crippen LogP contribution >= 0.6 is 23.8 Å². The number of carbonyl (C=O) groups is 1. The molecular formula is C17H17ClN2O2S. The van der Waals surface area contributed by atoms with Crippen LogP contribution < -0.4 is 15.4 Å². The van der Waals surface area contributed by atoms with Gasteiger partial charge in [-0.1, -0.05) is 29.8 Å². The van der Waals surface area contributed by atoms with Crippen LogP contribution in [0.1, 0.15) is 24.2 Å². The van der Waals surface area contributed by atoms with Crippen molar-refractivity contribution in [3.05, 3.63) is 59.1 Å². The van der Waals surface area contributed by atoms with Gasteiger partial charge in [-0.25, -0.2) is 0 Å². The molecule has 0 spiro atoms. The first-order valence-corrected chi connectivity index (χ1v) is 7.88. The van der Waals surface area contributed by atoms with Gasteiger partial charge in [0.05, 0.1) is 11.8 Å². The molecule has 6 heteroatoms. The van der Waals surface area contributed by atoms with Gasteiger partial charge in [-0.15, -0.1) is 0 Å². The molecule has 0 unspecified atom stereocenters. The zero-order valence-electron chi connectivity index (χ0n) is 12.8. The first-order chi connectivity index (χ1) is 11.0. The van der Waals surface area contributed by atoms with E-state index in [0.717, 1.165) is 0 Å². The second-order valence-electron chi connectivity index (χ2n) is 5.08. The van der Waals surface area contributed by atoms with Gasteiger partial charge >= 0.3 is 0 Å². The van der Waals surface area contributed by atoms with Crippen LogP contribution in [-0.2, 0) is 0 Å². The van der Waals surface area contributed by atoms with E-state index in [0.29, 0.717) is 22.0 Å². The Kier molecular flexibility index (Phi) is 5.96. The number of halogens is 1. The lowest BCUT2D eigenvalue weighted by Gasteiger charge is -2.16. The van der Waals surface area contributed by atoms with Gasteiger partial charge in [0.1, 0.15) is 5.75 Å². The number of ether oxygens (including phenoxy) is 1. The fourth-order valence-electron chi connectivity index (χ4n) is 1.89. The lowest BCUT2D eigenvalue weighted by Crippen LogP contribution is -2.34. The molecule has 2 rings (SSSR count). The maximum absolute atomic E-state index is 12.1. The van der Waals surface area contributed by atoms with E-state index in [1.165, 1.54) is 0 Å². The number of carbonyl (C=O) groups excluding carboxylic acids is 1. The zero-order valence-corrected chi connectivity index (χ0v) is 14.4. The summed E-state index contributed by atoms with van der Waals surface area (Å²) in [6.45, 7) is 3.88. The maximum atomic E-state index is 12.1. The minimum atomic E-state index is -0.327. The summed E-state index contributed by atoms with van der Waals surface area (Å²) in [5, 5.41) is 6.27. The van der Waals surface area contributed by atoms with E-state index in [-0.39, 0.29) is 17.1 Å². The number of benzene rings is 2. The molecule has 0 aromatic heterocycles. The highest BCUT2D eigenvalue weighted by atomic mass is 35.5. The molecule has 0 saturated heterocycles. The molecule has 0 fully saturated rings. The third kappa shape index (κ3) is 5.23. The third-order valence-electron chi connectivity index (χ3n) is 2.81. The number of rotatable bonds is 4. The molecule has 0 aliphatic carbocycles. The van der Waals surface area contributed by atoms with E-state index >= 15 is 0 Å². The van der Waals surface area contributed by atoms with Gasteiger partial charge in [-0.3, -0.25) is 10.1 Å². The second-order valence-corrected chi connectivity index (χ2v) is 5.93. The van der Waals surface area contributed by atoms with E-state index in [1.54, 1.807) is 24.3 Å². The summed E-state index contributed by atoms with van der Waals surface area (Å²) in [4.78, 5) is 12.1. The summed E-state index contributed by atoms with van der Waals surface area (Å²) < 4.78 is 5.70. The highest BCUT2D eigenvalue weighted by molar-refractivity contribution is 7.80. The fourth-order valence-corrected chi connectivity index (χ4v) is 2.28. The predicted octanol–water partition coefficient (Wildman–Crippen LogP) is 4.25. The Labute approximate surface area is 145 Å². The standard InChI is InChI=1S/C17H17ClN2O2S/c1-11(2)22-15-9-4-3-8-14(15)19-17(23)20-16(21)12-6-5-7-13(18)10-12/h3-11H,1-2H3,(H2,19,20,21,23). The molecule has 0 heterocycles. The summed E-state index contributed by atoms with van der Waals surface area (Å²) in [5.41, 5.74) is 1.13.